The molecule has 0 bridgehead atoms. The molecular formula is C11H10N4O3. The molecule has 7 nitrogen and oxygen atoms in total. The van der Waals surface area contributed by atoms with Gasteiger partial charge >= 0.3 is 5.69 Å². The lowest BCUT2D eigenvalue weighted by atomic mass is 10.1. The van der Waals surface area contributed by atoms with Crippen molar-refractivity contribution in [3.63, 3.8) is 0 Å². The number of anilines is 1. The van der Waals surface area contributed by atoms with Crippen LogP contribution in [0, 0.1) is 17.0 Å². The number of hydrogen-bond donors (Lipinski definition) is 2. The number of phenolic OH excluding ortho intramolecular Hbond substituents is 1. The number of benzene rings is 1. The monoisotopic (exact) mass is 246 g/mol. The summed E-state index contributed by atoms with van der Waals surface area (Å²) in [7, 11) is 0. The van der Waals surface area contributed by atoms with Crippen molar-refractivity contribution in [1.82, 2.24) is 9.97 Å². The third kappa shape index (κ3) is 1.93. The van der Waals surface area contributed by atoms with Crippen molar-refractivity contribution < 1.29 is 10.0 Å². The molecule has 0 saturated heterocycles. The first kappa shape index (κ1) is 11.8. The first-order valence-corrected chi connectivity index (χ1v) is 5.07. The van der Waals surface area contributed by atoms with Crippen LogP contribution in [0.5, 0.6) is 5.75 Å². The van der Waals surface area contributed by atoms with E-state index >= 15 is 0 Å². The van der Waals surface area contributed by atoms with Crippen LogP contribution in [0.4, 0.5) is 11.6 Å². The van der Waals surface area contributed by atoms with Gasteiger partial charge in [-0.3, -0.25) is 10.1 Å². The van der Waals surface area contributed by atoms with Gasteiger partial charge in [0.05, 0.1) is 4.92 Å². The number of aromatic hydroxyl groups is 1. The number of para-hydroxylation sites is 1. The summed E-state index contributed by atoms with van der Waals surface area (Å²) in [5.41, 5.74) is 5.66. The summed E-state index contributed by atoms with van der Waals surface area (Å²) in [6.45, 7) is 1.47. The Kier molecular flexibility index (Phi) is 2.80. The molecule has 2 aromatic rings. The molecule has 0 unspecified atom stereocenters. The van der Waals surface area contributed by atoms with Gasteiger partial charge in [0.15, 0.2) is 5.69 Å². The van der Waals surface area contributed by atoms with Crippen LogP contribution in [0.3, 0.4) is 0 Å². The lowest BCUT2D eigenvalue weighted by Crippen LogP contribution is -2.04. The number of nitrogens with two attached hydrogens (primary N) is 1. The molecule has 0 saturated carbocycles. The van der Waals surface area contributed by atoms with Gasteiger partial charge in [-0.1, -0.05) is 12.1 Å². The molecule has 0 aliphatic heterocycles. The Morgan fingerprint density at radius 3 is 2.61 bits per heavy atom. The predicted octanol–water partition coefficient (Wildman–Crippen LogP) is 1.65. The lowest BCUT2D eigenvalue weighted by molar-refractivity contribution is -0.385. The highest BCUT2D eigenvalue weighted by Gasteiger charge is 2.24. The Hall–Kier alpha value is -2.70. The summed E-state index contributed by atoms with van der Waals surface area (Å²) in [4.78, 5) is 18.1. The number of phenols is 1. The molecule has 1 heterocycles. The third-order valence-corrected chi connectivity index (χ3v) is 2.42. The number of aromatic nitrogens is 2. The number of nitrogen functional groups attached to an aromatic ring is 1. The highest BCUT2D eigenvalue weighted by atomic mass is 16.6. The zero-order valence-electron chi connectivity index (χ0n) is 9.49. The van der Waals surface area contributed by atoms with Gasteiger partial charge in [0, 0.05) is 5.56 Å². The Labute approximate surface area is 102 Å². The second-order valence-electron chi connectivity index (χ2n) is 3.64. The van der Waals surface area contributed by atoms with Gasteiger partial charge in [0.2, 0.25) is 5.95 Å². The zero-order chi connectivity index (χ0) is 13.3. The van der Waals surface area contributed by atoms with Crippen molar-refractivity contribution in [2.24, 2.45) is 0 Å². The van der Waals surface area contributed by atoms with E-state index in [2.05, 4.69) is 9.97 Å². The number of nitro groups is 1. The van der Waals surface area contributed by atoms with Gasteiger partial charge in [-0.05, 0) is 19.1 Å². The number of hydrogen-bond acceptors (Lipinski definition) is 6. The summed E-state index contributed by atoms with van der Waals surface area (Å²) in [6, 6.07) is 6.21. The molecule has 1 aromatic heterocycles. The maximum absolute atomic E-state index is 11.0. The van der Waals surface area contributed by atoms with E-state index in [4.69, 9.17) is 5.73 Å². The standard InChI is InChI=1S/C11H10N4O3/c1-6-10(15(17)18)9(14-11(12)13-6)7-4-2-3-5-8(7)16/h2-5,16H,1H3,(H2,12,13,14). The van der Waals surface area contributed by atoms with Crippen LogP contribution in [0.1, 0.15) is 5.69 Å². The molecule has 18 heavy (non-hydrogen) atoms. The fourth-order valence-corrected chi connectivity index (χ4v) is 1.67. The van der Waals surface area contributed by atoms with Crippen LogP contribution in [0.25, 0.3) is 11.3 Å². The molecule has 0 fully saturated rings. The van der Waals surface area contributed by atoms with Gasteiger partial charge in [-0.25, -0.2) is 9.97 Å². The Balaban J connectivity index is 2.78. The van der Waals surface area contributed by atoms with Crippen LogP contribution in [-0.2, 0) is 0 Å². The second-order valence-corrected chi connectivity index (χ2v) is 3.64. The minimum Gasteiger partial charge on any atom is -0.507 e. The van der Waals surface area contributed by atoms with Crippen LogP contribution in [0.2, 0.25) is 0 Å². The minimum absolute atomic E-state index is 0.0168. The highest BCUT2D eigenvalue weighted by Crippen LogP contribution is 2.35. The molecule has 0 atom stereocenters. The van der Waals surface area contributed by atoms with Gasteiger partial charge in [0.25, 0.3) is 0 Å². The van der Waals surface area contributed by atoms with Crippen molar-refractivity contribution >= 4 is 11.6 Å². The zero-order valence-corrected chi connectivity index (χ0v) is 9.49. The van der Waals surface area contributed by atoms with Crippen molar-refractivity contribution in [3.05, 3.63) is 40.1 Å². The fourth-order valence-electron chi connectivity index (χ4n) is 1.67. The molecule has 2 rings (SSSR count). The maximum atomic E-state index is 11.0. The van der Waals surface area contributed by atoms with Crippen LogP contribution in [-0.4, -0.2) is 20.0 Å². The van der Waals surface area contributed by atoms with Crippen molar-refractivity contribution in [2.75, 3.05) is 5.73 Å². The molecule has 1 aromatic carbocycles. The van der Waals surface area contributed by atoms with E-state index in [0.29, 0.717) is 0 Å². The van der Waals surface area contributed by atoms with E-state index in [1.54, 1.807) is 12.1 Å². The molecule has 3 N–H and O–H groups in total. The Morgan fingerprint density at radius 1 is 1.33 bits per heavy atom. The van der Waals surface area contributed by atoms with Gasteiger partial charge in [-0.2, -0.15) is 0 Å². The van der Waals surface area contributed by atoms with E-state index in [1.165, 1.54) is 19.1 Å². The molecular weight excluding hydrogens is 236 g/mol. The predicted molar refractivity (Wildman–Crippen MR) is 64.9 cm³/mol. The summed E-state index contributed by atoms with van der Waals surface area (Å²) in [6.07, 6.45) is 0. The van der Waals surface area contributed by atoms with Crippen LogP contribution >= 0.6 is 0 Å². The number of aryl methyl sites for hydroxylation is 1. The fraction of sp³-hybridized carbons (Fsp3) is 0.0909. The third-order valence-electron chi connectivity index (χ3n) is 2.42. The van der Waals surface area contributed by atoms with E-state index in [1.807, 2.05) is 0 Å². The van der Waals surface area contributed by atoms with E-state index in [9.17, 15) is 15.2 Å². The number of nitrogens with zero attached hydrogens (tertiary/aromatic N) is 3. The molecule has 0 radical (unpaired) electrons. The van der Waals surface area contributed by atoms with Crippen molar-refractivity contribution in [2.45, 2.75) is 6.92 Å². The topological polar surface area (TPSA) is 115 Å². The number of rotatable bonds is 2. The van der Waals surface area contributed by atoms with Crippen molar-refractivity contribution in [3.8, 4) is 17.0 Å². The molecule has 0 amide bonds. The quantitative estimate of drug-likeness (QED) is 0.614. The SMILES string of the molecule is Cc1nc(N)nc(-c2ccccc2O)c1[N+](=O)[O-]. The molecule has 0 aliphatic carbocycles. The van der Waals surface area contributed by atoms with Crippen LogP contribution in [0.15, 0.2) is 24.3 Å². The van der Waals surface area contributed by atoms with E-state index in [-0.39, 0.29) is 34.3 Å². The summed E-state index contributed by atoms with van der Waals surface area (Å²) in [5.74, 6) is -0.172. The van der Waals surface area contributed by atoms with E-state index < -0.39 is 4.92 Å². The summed E-state index contributed by atoms with van der Waals surface area (Å²) in [5, 5.41) is 20.8. The Bertz CT molecular complexity index is 628. The average Bonchev–Trinajstić information content (AvgIpc) is 2.27. The summed E-state index contributed by atoms with van der Waals surface area (Å²) >= 11 is 0. The first-order valence-electron chi connectivity index (χ1n) is 5.07. The van der Waals surface area contributed by atoms with Gasteiger partial charge in [-0.15, -0.1) is 0 Å². The van der Waals surface area contributed by atoms with Crippen molar-refractivity contribution in [1.29, 1.82) is 0 Å². The molecule has 7 heteroatoms. The first-order chi connectivity index (χ1) is 8.50. The molecule has 92 valence electrons. The maximum Gasteiger partial charge on any atom is 0.316 e. The Morgan fingerprint density at radius 2 is 2.00 bits per heavy atom. The highest BCUT2D eigenvalue weighted by molar-refractivity contribution is 5.76. The molecule has 0 spiro atoms. The largest absolute Gasteiger partial charge is 0.507 e. The molecule has 0 aliphatic rings. The normalized spacial score (nSPS) is 10.3. The van der Waals surface area contributed by atoms with Crippen LogP contribution < -0.4 is 5.73 Å². The lowest BCUT2D eigenvalue weighted by Gasteiger charge is -2.06. The smallest absolute Gasteiger partial charge is 0.316 e. The van der Waals surface area contributed by atoms with Gasteiger partial charge < -0.3 is 10.8 Å². The second kappa shape index (κ2) is 4.28. The average molecular weight is 246 g/mol. The van der Waals surface area contributed by atoms with Gasteiger partial charge in [0.1, 0.15) is 11.4 Å². The minimum atomic E-state index is -0.587. The summed E-state index contributed by atoms with van der Waals surface area (Å²) < 4.78 is 0. The van der Waals surface area contributed by atoms with E-state index in [0.717, 1.165) is 0 Å².